The van der Waals surface area contributed by atoms with Crippen molar-refractivity contribution in [3.63, 3.8) is 0 Å². The molecule has 7 heteroatoms. The van der Waals surface area contributed by atoms with E-state index < -0.39 is 0 Å². The third-order valence-electron chi connectivity index (χ3n) is 11.9. The Labute approximate surface area is 385 Å². The number of nitrogens with zero attached hydrogens (tertiary/aromatic N) is 6. The average Bonchev–Trinajstić information content (AvgIpc) is 3.86. The molecule has 0 aliphatic heterocycles. The molecule has 0 radical (unpaired) electrons. The third kappa shape index (κ3) is 7.99. The molecule has 0 spiro atoms. The molecule has 9 aromatic carbocycles. The lowest BCUT2D eigenvalue weighted by Crippen LogP contribution is -2.16. The van der Waals surface area contributed by atoms with Crippen LogP contribution in [0.5, 0.6) is 0 Å². The van der Waals surface area contributed by atoms with E-state index in [0.29, 0.717) is 0 Å². The number of benzene rings is 9. The van der Waals surface area contributed by atoms with Crippen molar-refractivity contribution in [3.8, 4) is 0 Å². The Hall–Kier alpha value is -8.00. The van der Waals surface area contributed by atoms with Crippen LogP contribution in [0.3, 0.4) is 0 Å². The van der Waals surface area contributed by atoms with Crippen molar-refractivity contribution < 1.29 is 0 Å². The number of rotatable bonds is 12. The minimum absolute atomic E-state index is 0.832. The highest BCUT2D eigenvalue weighted by atomic mass is 32.1. The molecule has 1 aromatic heterocycles. The van der Waals surface area contributed by atoms with Crippen molar-refractivity contribution in [1.29, 1.82) is 0 Å². The van der Waals surface area contributed by atoms with Gasteiger partial charge in [0.25, 0.3) is 0 Å². The van der Waals surface area contributed by atoms with E-state index in [9.17, 15) is 0 Å². The Morgan fingerprint density at radius 3 is 0.723 bits per heavy atom. The van der Waals surface area contributed by atoms with Crippen molar-refractivity contribution in [2.75, 3.05) is 19.6 Å². The van der Waals surface area contributed by atoms with Gasteiger partial charge in [-0.25, -0.2) is 0 Å². The van der Waals surface area contributed by atoms with Gasteiger partial charge in [-0.15, -0.1) is 0 Å². The summed E-state index contributed by atoms with van der Waals surface area (Å²) in [5.41, 5.74) is 19.0. The normalized spacial score (nSPS) is 11.1. The molecule has 316 valence electrons. The minimum atomic E-state index is 0.832. The highest BCUT2D eigenvalue weighted by molar-refractivity contribution is 7.00. The Morgan fingerprint density at radius 2 is 0.477 bits per heavy atom. The lowest BCUT2D eigenvalue weighted by molar-refractivity contribution is 1.20. The van der Waals surface area contributed by atoms with Gasteiger partial charge in [0.15, 0.2) is 0 Å². The molecule has 10 rings (SSSR count). The van der Waals surface area contributed by atoms with E-state index in [1.165, 1.54) is 11.7 Å². The summed E-state index contributed by atoms with van der Waals surface area (Å²) >= 11 is 1.25. The summed E-state index contributed by atoms with van der Waals surface area (Å²) in [5.74, 6) is 0. The van der Waals surface area contributed by atoms with Crippen LogP contribution in [0.1, 0.15) is 22.3 Å². The predicted octanol–water partition coefficient (Wildman–Crippen LogP) is 16.8. The predicted molar refractivity (Wildman–Crippen MR) is 275 cm³/mol. The summed E-state index contributed by atoms with van der Waals surface area (Å²) in [5, 5.41) is 0. The summed E-state index contributed by atoms with van der Waals surface area (Å²) in [6.07, 6.45) is 0. The van der Waals surface area contributed by atoms with Gasteiger partial charge in [-0.3, -0.25) is 0 Å². The van der Waals surface area contributed by atoms with Gasteiger partial charge in [0.1, 0.15) is 11.0 Å². The van der Waals surface area contributed by atoms with Crippen LogP contribution in [-0.2, 0) is 0 Å². The van der Waals surface area contributed by atoms with Crippen LogP contribution in [0.4, 0.5) is 68.2 Å². The molecule has 0 saturated carbocycles. The molecule has 0 atom stereocenters. The van der Waals surface area contributed by atoms with Crippen LogP contribution in [0.25, 0.3) is 11.0 Å². The Kier molecular flexibility index (Phi) is 11.4. The second-order valence-corrected chi connectivity index (χ2v) is 16.8. The summed E-state index contributed by atoms with van der Waals surface area (Å²) < 4.78 is 10.2. The number of hydrogen-bond acceptors (Lipinski definition) is 7. The van der Waals surface area contributed by atoms with Crippen molar-refractivity contribution in [3.05, 3.63) is 241 Å². The van der Waals surface area contributed by atoms with Crippen LogP contribution in [-0.4, -0.2) is 8.75 Å². The highest BCUT2D eigenvalue weighted by Gasteiger charge is 2.27. The fraction of sp³-hybridized carbons (Fsp3) is 0.0690. The van der Waals surface area contributed by atoms with E-state index in [-0.39, 0.29) is 0 Å². The molecular formula is C58H48N6S. The van der Waals surface area contributed by atoms with E-state index in [2.05, 4.69) is 266 Å². The quantitative estimate of drug-likeness (QED) is 0.122. The zero-order valence-corrected chi connectivity index (χ0v) is 37.7. The van der Waals surface area contributed by atoms with Gasteiger partial charge in [-0.05, 0) is 159 Å². The minimum Gasteiger partial charge on any atom is -0.310 e. The fourth-order valence-electron chi connectivity index (χ4n) is 8.87. The van der Waals surface area contributed by atoms with Gasteiger partial charge in [-0.1, -0.05) is 109 Å². The molecule has 10 aromatic rings. The van der Waals surface area contributed by atoms with E-state index in [1.807, 2.05) is 0 Å². The summed E-state index contributed by atoms with van der Waals surface area (Å²) in [6, 6.07) is 77.2. The molecule has 0 N–H and O–H groups in total. The first-order chi connectivity index (χ1) is 31.9. The Bertz CT molecular complexity index is 2900. The van der Waals surface area contributed by atoms with Crippen molar-refractivity contribution in [2.24, 2.45) is 0 Å². The molecule has 0 amide bonds. The zero-order chi connectivity index (χ0) is 44.3. The van der Waals surface area contributed by atoms with Gasteiger partial charge in [-0.2, -0.15) is 8.75 Å². The van der Waals surface area contributed by atoms with Crippen LogP contribution in [0.2, 0.25) is 0 Å². The molecule has 0 unspecified atom stereocenters. The average molecular weight is 861 g/mol. The lowest BCUT2D eigenvalue weighted by atomic mass is 10.0. The summed E-state index contributed by atoms with van der Waals surface area (Å²) in [7, 11) is 0. The first-order valence-electron chi connectivity index (χ1n) is 21.9. The topological polar surface area (TPSA) is 38.7 Å². The van der Waals surface area contributed by atoms with Crippen LogP contribution in [0.15, 0.2) is 218 Å². The third-order valence-corrected chi connectivity index (χ3v) is 12.5. The lowest BCUT2D eigenvalue weighted by Gasteiger charge is -2.33. The van der Waals surface area contributed by atoms with Gasteiger partial charge < -0.3 is 19.6 Å². The first-order valence-corrected chi connectivity index (χ1v) is 22.7. The smallest absolute Gasteiger partial charge is 0.130 e. The maximum atomic E-state index is 5.09. The SMILES string of the molecule is Cc1cc(N(c2ccccc2)c2ccc(N(c3ccccc3)c3cc(C)c(N(c4ccccc4)c4ccccc4)cc3C)c3nsnc23)c(C)cc1N(c1ccccc1)c1ccccc1. The number of anilines is 12. The maximum Gasteiger partial charge on any atom is 0.130 e. The maximum absolute atomic E-state index is 5.09. The number of fused-ring (bicyclic) bond motifs is 1. The second-order valence-electron chi connectivity index (χ2n) is 16.3. The molecule has 0 saturated heterocycles. The molecule has 0 bridgehead atoms. The van der Waals surface area contributed by atoms with E-state index in [1.54, 1.807) is 0 Å². The Morgan fingerprint density at radius 1 is 0.262 bits per heavy atom. The molecule has 65 heavy (non-hydrogen) atoms. The zero-order valence-electron chi connectivity index (χ0n) is 36.9. The van der Waals surface area contributed by atoms with Crippen LogP contribution >= 0.6 is 11.7 Å². The van der Waals surface area contributed by atoms with Crippen molar-refractivity contribution in [2.45, 2.75) is 27.7 Å². The molecular weight excluding hydrogens is 813 g/mol. The molecule has 0 fully saturated rings. The van der Waals surface area contributed by atoms with Crippen LogP contribution < -0.4 is 19.6 Å². The summed E-state index contributed by atoms with van der Waals surface area (Å²) in [4.78, 5) is 9.36. The molecule has 0 aliphatic rings. The molecule has 1 heterocycles. The van der Waals surface area contributed by atoms with Crippen molar-refractivity contribution >= 4 is 91.0 Å². The first kappa shape index (κ1) is 41.0. The number of aryl methyl sites for hydroxylation is 4. The monoisotopic (exact) mass is 860 g/mol. The van der Waals surface area contributed by atoms with E-state index >= 15 is 0 Å². The molecule has 6 nitrogen and oxygen atoms in total. The van der Waals surface area contributed by atoms with Gasteiger partial charge in [0.2, 0.25) is 0 Å². The standard InChI is InChI=1S/C58H48N6S/c1-41-39-55(43(3)37-53(41)61(45-23-11-5-12-24-45)46-25-13-6-14-26-46)63(49-31-19-9-20-32-49)51-35-36-52(58-57(51)59-65-60-58)64(50-33-21-10-22-34-50)56-40-42(2)54(38-44(56)4)62(47-27-15-7-16-28-47)48-29-17-8-18-30-48/h5-40H,1-4H3. The molecule has 0 aliphatic carbocycles. The largest absolute Gasteiger partial charge is 0.310 e. The number of para-hydroxylation sites is 6. The summed E-state index contributed by atoms with van der Waals surface area (Å²) in [6.45, 7) is 8.82. The fourth-order valence-corrected chi connectivity index (χ4v) is 9.43. The number of hydrogen-bond donors (Lipinski definition) is 0. The Balaban J connectivity index is 1.11. The highest BCUT2D eigenvalue weighted by Crippen LogP contribution is 2.49. The van der Waals surface area contributed by atoms with E-state index in [0.717, 1.165) is 102 Å². The van der Waals surface area contributed by atoms with Gasteiger partial charge in [0, 0.05) is 56.9 Å². The van der Waals surface area contributed by atoms with Crippen molar-refractivity contribution in [1.82, 2.24) is 8.75 Å². The van der Waals surface area contributed by atoms with E-state index in [4.69, 9.17) is 8.75 Å². The number of aromatic nitrogens is 2. The van der Waals surface area contributed by atoms with Gasteiger partial charge >= 0.3 is 0 Å². The van der Waals surface area contributed by atoms with Crippen LogP contribution in [0, 0.1) is 27.7 Å². The van der Waals surface area contributed by atoms with Gasteiger partial charge in [0.05, 0.1) is 23.1 Å². The second kappa shape index (κ2) is 18.0.